The van der Waals surface area contributed by atoms with Gasteiger partial charge in [-0.2, -0.15) is 0 Å². The predicted molar refractivity (Wildman–Crippen MR) is 97.1 cm³/mol. The lowest BCUT2D eigenvalue weighted by Gasteiger charge is -2.38. The Hall–Kier alpha value is -1.58. The Morgan fingerprint density at radius 1 is 1.27 bits per heavy atom. The van der Waals surface area contributed by atoms with Gasteiger partial charge in [-0.3, -0.25) is 0 Å². The van der Waals surface area contributed by atoms with Crippen molar-refractivity contribution in [2.24, 2.45) is 0 Å². The highest BCUT2D eigenvalue weighted by Gasteiger charge is 2.28. The summed E-state index contributed by atoms with van der Waals surface area (Å²) in [6, 6.07) is 2.65. The van der Waals surface area contributed by atoms with E-state index in [1.807, 2.05) is 20.8 Å². The highest BCUT2D eigenvalue weighted by Crippen LogP contribution is 2.34. The van der Waals surface area contributed by atoms with Crippen molar-refractivity contribution in [1.82, 2.24) is 4.98 Å². The molecule has 0 aromatic carbocycles. The third-order valence-corrected chi connectivity index (χ3v) is 4.05. The number of anilines is 2. The summed E-state index contributed by atoms with van der Waals surface area (Å²) in [5.41, 5.74) is 9.62. The van der Waals surface area contributed by atoms with Gasteiger partial charge in [0.25, 0.3) is 0 Å². The standard InChI is InChI=1S/C16H26N4.C2H6/c1-4-6-12(7-5-2)20-9-8-13(17)15-14(20)10-11(3)19-16(15)18;1-2/h10,12,17H,4-9H2,1-3H3,(H2,18,19);1-2H3. The van der Waals surface area contributed by atoms with Crippen LogP contribution in [-0.2, 0) is 0 Å². The van der Waals surface area contributed by atoms with Gasteiger partial charge in [-0.15, -0.1) is 0 Å². The summed E-state index contributed by atoms with van der Waals surface area (Å²) in [5.74, 6) is 0.515. The number of pyridine rings is 1. The first-order valence-electron chi connectivity index (χ1n) is 8.70. The van der Waals surface area contributed by atoms with E-state index in [0.717, 1.165) is 29.9 Å². The molecule has 0 saturated heterocycles. The van der Waals surface area contributed by atoms with E-state index >= 15 is 0 Å². The second kappa shape index (κ2) is 8.76. The van der Waals surface area contributed by atoms with Crippen LogP contribution in [0.25, 0.3) is 0 Å². The summed E-state index contributed by atoms with van der Waals surface area (Å²) in [5, 5.41) is 8.17. The Morgan fingerprint density at radius 2 is 1.86 bits per heavy atom. The van der Waals surface area contributed by atoms with Crippen LogP contribution in [0, 0.1) is 12.3 Å². The van der Waals surface area contributed by atoms with Crippen LogP contribution in [0.15, 0.2) is 6.07 Å². The summed E-state index contributed by atoms with van der Waals surface area (Å²) < 4.78 is 0. The maximum atomic E-state index is 8.17. The van der Waals surface area contributed by atoms with Crippen molar-refractivity contribution in [3.05, 3.63) is 17.3 Å². The molecule has 0 aliphatic carbocycles. The van der Waals surface area contributed by atoms with E-state index in [0.29, 0.717) is 17.6 Å². The molecular formula is C18H32N4. The maximum Gasteiger partial charge on any atom is 0.134 e. The number of aromatic nitrogens is 1. The molecule has 1 aromatic heterocycles. The summed E-state index contributed by atoms with van der Waals surface area (Å²) in [7, 11) is 0. The van der Waals surface area contributed by atoms with E-state index < -0.39 is 0 Å². The zero-order valence-corrected chi connectivity index (χ0v) is 14.9. The van der Waals surface area contributed by atoms with Crippen molar-refractivity contribution in [2.75, 3.05) is 17.2 Å². The van der Waals surface area contributed by atoms with E-state index in [1.165, 1.54) is 25.7 Å². The van der Waals surface area contributed by atoms with Gasteiger partial charge in [-0.25, -0.2) is 4.98 Å². The van der Waals surface area contributed by atoms with Crippen molar-refractivity contribution in [2.45, 2.75) is 72.8 Å². The lowest BCUT2D eigenvalue weighted by atomic mass is 9.95. The number of nitrogens with two attached hydrogens (primary N) is 1. The van der Waals surface area contributed by atoms with Gasteiger partial charge in [-0.1, -0.05) is 40.5 Å². The Labute approximate surface area is 135 Å². The first-order valence-corrected chi connectivity index (χ1v) is 8.70. The van der Waals surface area contributed by atoms with Gasteiger partial charge in [0.15, 0.2) is 0 Å². The number of nitrogens with zero attached hydrogens (tertiary/aromatic N) is 2. The quantitative estimate of drug-likeness (QED) is 0.839. The lowest BCUT2D eigenvalue weighted by Crippen LogP contribution is -2.41. The van der Waals surface area contributed by atoms with Crippen molar-refractivity contribution in [1.29, 1.82) is 5.41 Å². The number of hydrogen-bond acceptors (Lipinski definition) is 4. The van der Waals surface area contributed by atoms with Gasteiger partial charge in [0, 0.05) is 30.4 Å². The van der Waals surface area contributed by atoms with E-state index in [1.54, 1.807) is 0 Å². The van der Waals surface area contributed by atoms with Gasteiger partial charge < -0.3 is 16.0 Å². The van der Waals surface area contributed by atoms with Crippen LogP contribution in [-0.4, -0.2) is 23.3 Å². The average Bonchev–Trinajstić information content (AvgIpc) is 2.49. The summed E-state index contributed by atoms with van der Waals surface area (Å²) in [6.45, 7) is 11.4. The van der Waals surface area contributed by atoms with Crippen LogP contribution in [0.2, 0.25) is 0 Å². The number of nitrogen functional groups attached to an aromatic ring is 1. The smallest absolute Gasteiger partial charge is 0.134 e. The van der Waals surface area contributed by atoms with Crippen LogP contribution in [0.5, 0.6) is 0 Å². The largest absolute Gasteiger partial charge is 0.383 e. The Morgan fingerprint density at radius 3 is 2.41 bits per heavy atom. The zero-order valence-electron chi connectivity index (χ0n) is 14.9. The molecule has 124 valence electrons. The summed E-state index contributed by atoms with van der Waals surface area (Å²) in [6.07, 6.45) is 5.54. The highest BCUT2D eigenvalue weighted by atomic mass is 15.2. The molecule has 0 unspecified atom stereocenters. The minimum absolute atomic E-state index is 0.515. The topological polar surface area (TPSA) is 66.0 Å². The SMILES string of the molecule is CC.CCCC(CCC)N1CCC(=N)c2c1cc(C)nc2N. The van der Waals surface area contributed by atoms with Gasteiger partial charge >= 0.3 is 0 Å². The van der Waals surface area contributed by atoms with Crippen LogP contribution >= 0.6 is 0 Å². The van der Waals surface area contributed by atoms with Crippen LogP contribution in [0.4, 0.5) is 11.5 Å². The fraction of sp³-hybridized carbons (Fsp3) is 0.667. The molecule has 0 radical (unpaired) electrons. The molecule has 0 bridgehead atoms. The molecular weight excluding hydrogens is 272 g/mol. The Kier molecular flexibility index (Phi) is 7.36. The third kappa shape index (κ3) is 3.99. The van der Waals surface area contributed by atoms with Gasteiger partial charge in [0.1, 0.15) is 5.82 Å². The zero-order chi connectivity index (χ0) is 16.7. The van der Waals surface area contributed by atoms with Gasteiger partial charge in [0.2, 0.25) is 0 Å². The van der Waals surface area contributed by atoms with E-state index in [9.17, 15) is 0 Å². The fourth-order valence-electron chi connectivity index (χ4n) is 3.19. The molecule has 22 heavy (non-hydrogen) atoms. The minimum atomic E-state index is 0.515. The molecule has 2 rings (SSSR count). The van der Waals surface area contributed by atoms with Crippen molar-refractivity contribution in [3.63, 3.8) is 0 Å². The first-order chi connectivity index (χ1) is 10.6. The highest BCUT2D eigenvalue weighted by molar-refractivity contribution is 6.08. The molecule has 0 amide bonds. The number of rotatable bonds is 5. The average molecular weight is 304 g/mol. The Bertz CT molecular complexity index is 490. The van der Waals surface area contributed by atoms with E-state index in [-0.39, 0.29) is 0 Å². The molecule has 0 atom stereocenters. The molecule has 4 heteroatoms. The first kappa shape index (κ1) is 18.5. The second-order valence-electron chi connectivity index (χ2n) is 5.70. The molecule has 1 aliphatic rings. The van der Waals surface area contributed by atoms with Crippen molar-refractivity contribution >= 4 is 17.2 Å². The molecule has 0 saturated carbocycles. The lowest BCUT2D eigenvalue weighted by molar-refractivity contribution is 0.503. The molecule has 2 heterocycles. The Balaban J connectivity index is 0.00000116. The van der Waals surface area contributed by atoms with Gasteiger partial charge in [-0.05, 0) is 25.8 Å². The molecule has 1 aliphatic heterocycles. The van der Waals surface area contributed by atoms with Crippen molar-refractivity contribution in [3.8, 4) is 0 Å². The molecule has 3 N–H and O–H groups in total. The summed E-state index contributed by atoms with van der Waals surface area (Å²) in [4.78, 5) is 6.80. The molecule has 1 aromatic rings. The monoisotopic (exact) mass is 304 g/mol. The molecule has 0 spiro atoms. The molecule has 4 nitrogen and oxygen atoms in total. The van der Waals surface area contributed by atoms with E-state index in [4.69, 9.17) is 11.1 Å². The second-order valence-corrected chi connectivity index (χ2v) is 5.70. The summed E-state index contributed by atoms with van der Waals surface area (Å²) >= 11 is 0. The maximum absolute atomic E-state index is 8.17. The van der Waals surface area contributed by atoms with Crippen molar-refractivity contribution < 1.29 is 0 Å². The number of hydrogen-bond donors (Lipinski definition) is 2. The van der Waals surface area contributed by atoms with E-state index in [2.05, 4.69) is 29.8 Å². The third-order valence-electron chi connectivity index (χ3n) is 4.05. The minimum Gasteiger partial charge on any atom is -0.383 e. The van der Waals surface area contributed by atoms with Crippen LogP contribution in [0.3, 0.4) is 0 Å². The molecule has 0 fully saturated rings. The van der Waals surface area contributed by atoms with Gasteiger partial charge in [0.05, 0.1) is 11.3 Å². The predicted octanol–water partition coefficient (Wildman–Crippen LogP) is 4.55. The number of aryl methyl sites for hydroxylation is 1. The number of fused-ring (bicyclic) bond motifs is 1. The fourth-order valence-corrected chi connectivity index (χ4v) is 3.19. The normalized spacial score (nSPS) is 13.7. The van der Waals surface area contributed by atoms with Crippen LogP contribution < -0.4 is 10.6 Å². The number of nitrogens with one attached hydrogen (secondary N) is 1. The van der Waals surface area contributed by atoms with Crippen LogP contribution in [0.1, 0.15) is 71.1 Å².